The Bertz CT molecular complexity index is 1010. The van der Waals surface area contributed by atoms with Gasteiger partial charge in [-0.25, -0.2) is 4.79 Å². The van der Waals surface area contributed by atoms with Crippen LogP contribution < -0.4 is 15.4 Å². The third kappa shape index (κ3) is 6.53. The highest BCUT2D eigenvalue weighted by atomic mass is 35.5. The maximum absolute atomic E-state index is 12.0. The van der Waals surface area contributed by atoms with E-state index in [1.807, 2.05) is 30.3 Å². The molecule has 3 aromatic carbocycles. The van der Waals surface area contributed by atoms with Gasteiger partial charge in [-0.3, -0.25) is 4.79 Å². The topological polar surface area (TPSA) is 87.7 Å². The van der Waals surface area contributed by atoms with E-state index in [4.69, 9.17) is 21.4 Å². The number of rotatable bonds is 8. The molecule has 0 saturated heterocycles. The number of amides is 2. The Balaban J connectivity index is 1.49. The molecular weight excluding hydrogens is 404 g/mol. The molecule has 0 aliphatic rings. The van der Waals surface area contributed by atoms with Gasteiger partial charge in [0.1, 0.15) is 11.5 Å². The molecule has 7 heteroatoms. The van der Waals surface area contributed by atoms with E-state index in [1.165, 1.54) is 0 Å². The average molecular weight is 425 g/mol. The number of ether oxygens (including phenoxy) is 1. The van der Waals surface area contributed by atoms with Crippen molar-refractivity contribution >= 4 is 29.3 Å². The van der Waals surface area contributed by atoms with Crippen molar-refractivity contribution in [2.45, 2.75) is 12.8 Å². The fraction of sp³-hybridized carbons (Fsp3) is 0.130. The highest BCUT2D eigenvalue weighted by Gasteiger charge is 2.08. The predicted molar refractivity (Wildman–Crippen MR) is 116 cm³/mol. The van der Waals surface area contributed by atoms with Gasteiger partial charge in [-0.2, -0.15) is 0 Å². The van der Waals surface area contributed by atoms with Gasteiger partial charge in [0.15, 0.2) is 0 Å². The van der Waals surface area contributed by atoms with Gasteiger partial charge in [0.2, 0.25) is 0 Å². The Morgan fingerprint density at radius 3 is 2.33 bits per heavy atom. The molecule has 0 atom stereocenters. The molecular formula is C23H21ClN2O4. The van der Waals surface area contributed by atoms with Crippen LogP contribution in [0, 0.1) is 0 Å². The Kier molecular flexibility index (Phi) is 7.29. The number of hydrogen-bond donors (Lipinski definition) is 3. The van der Waals surface area contributed by atoms with Crippen molar-refractivity contribution in [3.63, 3.8) is 0 Å². The molecule has 0 aliphatic carbocycles. The van der Waals surface area contributed by atoms with Crippen LogP contribution in [0.4, 0.5) is 10.5 Å². The number of nitrogens with one attached hydrogen (secondary N) is 2. The SMILES string of the molecule is O=C(O)Cc1ccc(Oc2ccc(NC(=O)NCCc3ccccc3)cc2)c(Cl)c1. The summed E-state index contributed by atoms with van der Waals surface area (Å²) in [5.41, 5.74) is 2.38. The van der Waals surface area contributed by atoms with Crippen LogP contribution >= 0.6 is 11.6 Å². The first-order valence-corrected chi connectivity index (χ1v) is 9.74. The van der Waals surface area contributed by atoms with Crippen LogP contribution in [-0.4, -0.2) is 23.7 Å². The van der Waals surface area contributed by atoms with Crippen molar-refractivity contribution in [1.82, 2.24) is 5.32 Å². The fourth-order valence-electron chi connectivity index (χ4n) is 2.79. The van der Waals surface area contributed by atoms with Crippen LogP contribution in [0.3, 0.4) is 0 Å². The number of carbonyl (C=O) groups is 2. The lowest BCUT2D eigenvalue weighted by atomic mass is 10.1. The summed E-state index contributed by atoms with van der Waals surface area (Å²) < 4.78 is 5.74. The molecule has 0 heterocycles. The molecule has 0 saturated carbocycles. The van der Waals surface area contributed by atoms with E-state index >= 15 is 0 Å². The smallest absolute Gasteiger partial charge is 0.319 e. The third-order valence-corrected chi connectivity index (χ3v) is 4.53. The normalized spacial score (nSPS) is 10.3. The second-order valence-electron chi connectivity index (χ2n) is 6.58. The fourth-order valence-corrected chi connectivity index (χ4v) is 3.03. The number of urea groups is 1. The van der Waals surface area contributed by atoms with Crippen molar-refractivity contribution in [1.29, 1.82) is 0 Å². The minimum absolute atomic E-state index is 0.103. The molecule has 0 aromatic heterocycles. The second kappa shape index (κ2) is 10.3. The number of aliphatic carboxylic acids is 1. The van der Waals surface area contributed by atoms with Gasteiger partial charge in [0.25, 0.3) is 0 Å². The van der Waals surface area contributed by atoms with E-state index in [0.29, 0.717) is 34.3 Å². The summed E-state index contributed by atoms with van der Waals surface area (Å²) in [6, 6.07) is 21.4. The van der Waals surface area contributed by atoms with Gasteiger partial charge < -0.3 is 20.5 Å². The second-order valence-corrected chi connectivity index (χ2v) is 6.99. The summed E-state index contributed by atoms with van der Waals surface area (Å²) in [5.74, 6) is 0.0371. The molecule has 2 amide bonds. The van der Waals surface area contributed by atoms with Crippen molar-refractivity contribution in [3.8, 4) is 11.5 Å². The summed E-state index contributed by atoms with van der Waals surface area (Å²) in [4.78, 5) is 22.8. The number of carboxylic acids is 1. The molecule has 30 heavy (non-hydrogen) atoms. The first kappa shape index (κ1) is 21.2. The van der Waals surface area contributed by atoms with Crippen molar-refractivity contribution in [2.75, 3.05) is 11.9 Å². The van der Waals surface area contributed by atoms with Gasteiger partial charge in [-0.05, 0) is 53.9 Å². The zero-order valence-electron chi connectivity index (χ0n) is 16.1. The predicted octanol–water partition coefficient (Wildman–Crippen LogP) is 5.12. The van der Waals surface area contributed by atoms with Crippen molar-refractivity contribution in [2.24, 2.45) is 0 Å². The van der Waals surface area contributed by atoms with E-state index < -0.39 is 5.97 Å². The van der Waals surface area contributed by atoms with Crippen LogP contribution in [0.2, 0.25) is 5.02 Å². The molecule has 3 N–H and O–H groups in total. The highest BCUT2D eigenvalue weighted by Crippen LogP contribution is 2.30. The van der Waals surface area contributed by atoms with Crippen LogP contribution in [-0.2, 0) is 17.6 Å². The van der Waals surface area contributed by atoms with Gasteiger partial charge in [0.05, 0.1) is 11.4 Å². The molecule has 0 unspecified atom stereocenters. The lowest BCUT2D eigenvalue weighted by molar-refractivity contribution is -0.136. The first-order valence-electron chi connectivity index (χ1n) is 9.36. The standard InChI is InChI=1S/C23H21ClN2O4/c24-20-14-17(15-22(27)28)6-11-21(20)30-19-9-7-18(8-10-19)26-23(29)25-13-12-16-4-2-1-3-5-16/h1-11,14H,12-13,15H2,(H,27,28)(H2,25,26,29). The maximum atomic E-state index is 12.0. The van der Waals surface area contributed by atoms with E-state index in [1.54, 1.807) is 42.5 Å². The van der Waals surface area contributed by atoms with E-state index in [9.17, 15) is 9.59 Å². The summed E-state index contributed by atoms with van der Waals surface area (Å²) in [6.45, 7) is 0.535. The Morgan fingerprint density at radius 1 is 0.933 bits per heavy atom. The summed E-state index contributed by atoms with van der Waals surface area (Å²) in [6.07, 6.45) is 0.654. The molecule has 154 valence electrons. The molecule has 0 spiro atoms. The number of carboxylic acid groups (broad SMARTS) is 1. The molecule has 0 aliphatic heterocycles. The molecule has 0 bridgehead atoms. The molecule has 6 nitrogen and oxygen atoms in total. The lowest BCUT2D eigenvalue weighted by Gasteiger charge is -2.11. The number of benzene rings is 3. The minimum atomic E-state index is -0.924. The quantitative estimate of drug-likeness (QED) is 0.468. The van der Waals surface area contributed by atoms with Gasteiger partial charge in [-0.1, -0.05) is 48.0 Å². The van der Waals surface area contributed by atoms with Crippen LogP contribution in [0.15, 0.2) is 72.8 Å². The van der Waals surface area contributed by atoms with Crippen LogP contribution in [0.1, 0.15) is 11.1 Å². The summed E-state index contributed by atoms with van der Waals surface area (Å²) in [7, 11) is 0. The lowest BCUT2D eigenvalue weighted by Crippen LogP contribution is -2.30. The van der Waals surface area contributed by atoms with E-state index in [0.717, 1.165) is 12.0 Å². The molecule has 0 radical (unpaired) electrons. The number of anilines is 1. The van der Waals surface area contributed by atoms with Crippen molar-refractivity contribution < 1.29 is 19.4 Å². The van der Waals surface area contributed by atoms with Crippen LogP contribution in [0.5, 0.6) is 11.5 Å². The van der Waals surface area contributed by atoms with E-state index in [2.05, 4.69) is 10.6 Å². The number of carbonyl (C=O) groups excluding carboxylic acids is 1. The van der Waals surface area contributed by atoms with Gasteiger partial charge in [0, 0.05) is 12.2 Å². The van der Waals surface area contributed by atoms with E-state index in [-0.39, 0.29) is 12.5 Å². The van der Waals surface area contributed by atoms with Gasteiger partial charge >= 0.3 is 12.0 Å². The Hall–Kier alpha value is -3.51. The highest BCUT2D eigenvalue weighted by molar-refractivity contribution is 6.32. The zero-order chi connectivity index (χ0) is 21.3. The average Bonchev–Trinajstić information content (AvgIpc) is 2.72. The third-order valence-electron chi connectivity index (χ3n) is 4.23. The monoisotopic (exact) mass is 424 g/mol. The first-order chi connectivity index (χ1) is 14.5. The Morgan fingerprint density at radius 2 is 1.67 bits per heavy atom. The van der Waals surface area contributed by atoms with Gasteiger partial charge in [-0.15, -0.1) is 0 Å². The minimum Gasteiger partial charge on any atom is -0.481 e. The van der Waals surface area contributed by atoms with Crippen molar-refractivity contribution in [3.05, 3.63) is 88.9 Å². The molecule has 3 aromatic rings. The molecule has 0 fully saturated rings. The molecule has 3 rings (SSSR count). The number of halogens is 1. The van der Waals surface area contributed by atoms with Crippen LogP contribution in [0.25, 0.3) is 0 Å². The zero-order valence-corrected chi connectivity index (χ0v) is 16.9. The Labute approximate surface area is 179 Å². The maximum Gasteiger partial charge on any atom is 0.319 e. The summed E-state index contributed by atoms with van der Waals surface area (Å²) in [5, 5.41) is 14.8. The summed E-state index contributed by atoms with van der Waals surface area (Å²) >= 11 is 6.17. The largest absolute Gasteiger partial charge is 0.481 e. The number of hydrogen-bond acceptors (Lipinski definition) is 3.